The molecule has 14 heavy (non-hydrogen) atoms. The van der Waals surface area contributed by atoms with Gasteiger partial charge in [0.15, 0.2) is 11.4 Å². The molecule has 4 unspecified atom stereocenters. The molecule has 0 radical (unpaired) electrons. The molecule has 4 atom stereocenters. The molecule has 2 bridgehead atoms. The van der Waals surface area contributed by atoms with Crippen LogP contribution in [0.4, 0.5) is 0 Å². The van der Waals surface area contributed by atoms with Gasteiger partial charge in [-0.3, -0.25) is 4.79 Å². The van der Waals surface area contributed by atoms with Crippen molar-refractivity contribution >= 4 is 5.78 Å². The molecule has 3 aliphatic carbocycles. The van der Waals surface area contributed by atoms with Crippen LogP contribution in [-0.2, 0) is 9.53 Å². The first-order valence-electron chi connectivity index (χ1n) is 5.18. The first-order chi connectivity index (χ1) is 6.69. The summed E-state index contributed by atoms with van der Waals surface area (Å²) in [6, 6.07) is 0. The number of Topliss-reactive ketones (excluding diaryl/α,β-unsaturated/α-hetero) is 1. The first-order valence-corrected chi connectivity index (χ1v) is 5.18. The zero-order valence-corrected chi connectivity index (χ0v) is 8.32. The zero-order chi connectivity index (χ0) is 9.92. The maximum absolute atomic E-state index is 12.1. The maximum Gasteiger partial charge on any atom is 0.175 e. The van der Waals surface area contributed by atoms with Crippen molar-refractivity contribution in [3.05, 3.63) is 24.3 Å². The van der Waals surface area contributed by atoms with Gasteiger partial charge >= 0.3 is 0 Å². The average Bonchev–Trinajstić information content (AvgIpc) is 2.95. The molecule has 1 spiro atoms. The molecular weight excluding hydrogens is 176 g/mol. The zero-order valence-electron chi connectivity index (χ0n) is 8.32. The van der Waals surface area contributed by atoms with Gasteiger partial charge < -0.3 is 4.74 Å². The van der Waals surface area contributed by atoms with Gasteiger partial charge in [0.05, 0.1) is 6.61 Å². The third-order valence-corrected chi connectivity index (χ3v) is 4.00. The number of carbonyl (C=O) groups excluding carboxylic acids is 1. The fraction of sp³-hybridized carbons (Fsp3) is 0.583. The van der Waals surface area contributed by atoms with Crippen molar-refractivity contribution in [3.8, 4) is 0 Å². The van der Waals surface area contributed by atoms with Crippen LogP contribution >= 0.6 is 0 Å². The number of hydrogen-bond donors (Lipinski definition) is 0. The van der Waals surface area contributed by atoms with E-state index in [0.717, 1.165) is 6.42 Å². The first kappa shape index (κ1) is 8.42. The normalized spacial score (nSPS) is 49.4. The van der Waals surface area contributed by atoms with Crippen LogP contribution in [-0.4, -0.2) is 18.0 Å². The van der Waals surface area contributed by atoms with Crippen molar-refractivity contribution in [1.82, 2.24) is 0 Å². The molecule has 0 amide bonds. The molecule has 1 heterocycles. The van der Waals surface area contributed by atoms with Gasteiger partial charge in [-0.05, 0) is 19.3 Å². The summed E-state index contributed by atoms with van der Waals surface area (Å²) in [4.78, 5) is 12.1. The summed E-state index contributed by atoms with van der Waals surface area (Å²) < 4.78 is 5.42. The minimum absolute atomic E-state index is 0.0417. The molecule has 0 aromatic heterocycles. The van der Waals surface area contributed by atoms with Gasteiger partial charge in [0, 0.05) is 11.8 Å². The van der Waals surface area contributed by atoms with Crippen molar-refractivity contribution in [1.29, 1.82) is 0 Å². The SMILES string of the molecule is C=CC1CC2C(C)=CC1C(=O)C21CO1. The van der Waals surface area contributed by atoms with E-state index < -0.39 is 5.60 Å². The number of hydrogen-bond acceptors (Lipinski definition) is 2. The fourth-order valence-corrected chi connectivity index (χ4v) is 3.07. The largest absolute Gasteiger partial charge is 0.361 e. The minimum Gasteiger partial charge on any atom is -0.361 e. The Kier molecular flexibility index (Phi) is 1.43. The molecule has 4 aliphatic rings. The van der Waals surface area contributed by atoms with Crippen molar-refractivity contribution in [3.63, 3.8) is 0 Å². The lowest BCUT2D eigenvalue weighted by Gasteiger charge is -2.42. The van der Waals surface area contributed by atoms with Crippen LogP contribution in [0.15, 0.2) is 24.3 Å². The molecule has 4 rings (SSSR count). The van der Waals surface area contributed by atoms with Crippen LogP contribution in [0.2, 0.25) is 0 Å². The summed E-state index contributed by atoms with van der Waals surface area (Å²) in [6.45, 7) is 6.57. The predicted octanol–water partition coefficient (Wildman–Crippen LogP) is 1.72. The highest BCUT2D eigenvalue weighted by Crippen LogP contribution is 2.54. The van der Waals surface area contributed by atoms with Gasteiger partial charge in [-0.1, -0.05) is 17.7 Å². The molecule has 1 saturated carbocycles. The average molecular weight is 190 g/mol. The van der Waals surface area contributed by atoms with Crippen LogP contribution in [0, 0.1) is 17.8 Å². The standard InChI is InChI=1S/C12H14O2/c1-3-8-5-10-7(2)4-9(8)11(13)12(10)6-14-12/h3-4,8-10H,1,5-6H2,2H3. The van der Waals surface area contributed by atoms with Crippen LogP contribution in [0.5, 0.6) is 0 Å². The lowest BCUT2D eigenvalue weighted by molar-refractivity contribution is -0.133. The lowest BCUT2D eigenvalue weighted by atomic mass is 9.60. The summed E-state index contributed by atoms with van der Waals surface area (Å²) in [6.07, 6.45) is 5.09. The molecule has 0 aromatic carbocycles. The molecule has 1 aliphatic heterocycles. The Bertz CT molecular complexity index is 349. The van der Waals surface area contributed by atoms with Crippen LogP contribution in [0.3, 0.4) is 0 Å². The Morgan fingerprint density at radius 1 is 1.71 bits per heavy atom. The quantitative estimate of drug-likeness (QED) is 0.465. The van der Waals surface area contributed by atoms with E-state index >= 15 is 0 Å². The van der Waals surface area contributed by atoms with E-state index in [4.69, 9.17) is 4.74 Å². The molecule has 0 aromatic rings. The van der Waals surface area contributed by atoms with Crippen LogP contribution in [0.1, 0.15) is 13.3 Å². The number of carbonyl (C=O) groups is 1. The Labute approximate surface area is 83.6 Å². The van der Waals surface area contributed by atoms with E-state index in [9.17, 15) is 4.79 Å². The maximum atomic E-state index is 12.1. The molecule has 2 fully saturated rings. The van der Waals surface area contributed by atoms with Crippen molar-refractivity contribution in [2.45, 2.75) is 18.9 Å². The summed E-state index contributed by atoms with van der Waals surface area (Å²) in [5.74, 6) is 0.998. The van der Waals surface area contributed by atoms with E-state index in [-0.39, 0.29) is 5.92 Å². The van der Waals surface area contributed by atoms with E-state index in [1.54, 1.807) is 0 Å². The van der Waals surface area contributed by atoms with E-state index in [0.29, 0.717) is 24.2 Å². The van der Waals surface area contributed by atoms with Gasteiger partial charge in [-0.15, -0.1) is 6.58 Å². The summed E-state index contributed by atoms with van der Waals surface area (Å²) in [7, 11) is 0. The number of allylic oxidation sites excluding steroid dienone is 2. The number of rotatable bonds is 1. The summed E-state index contributed by atoms with van der Waals surface area (Å²) in [5, 5.41) is 0. The highest BCUT2D eigenvalue weighted by molar-refractivity contribution is 5.96. The van der Waals surface area contributed by atoms with Crippen LogP contribution < -0.4 is 0 Å². The van der Waals surface area contributed by atoms with Gasteiger partial charge in [0.1, 0.15) is 0 Å². The van der Waals surface area contributed by atoms with Crippen molar-refractivity contribution in [2.24, 2.45) is 17.8 Å². The van der Waals surface area contributed by atoms with E-state index in [2.05, 4.69) is 19.6 Å². The Hall–Kier alpha value is -0.890. The number of ketones is 1. The fourth-order valence-electron chi connectivity index (χ4n) is 3.07. The number of ether oxygens (including phenoxy) is 1. The predicted molar refractivity (Wildman–Crippen MR) is 52.7 cm³/mol. The monoisotopic (exact) mass is 190 g/mol. The highest BCUT2D eigenvalue weighted by atomic mass is 16.6. The number of fused-ring (bicyclic) bond motifs is 1. The second kappa shape index (κ2) is 2.37. The van der Waals surface area contributed by atoms with Gasteiger partial charge in [0.25, 0.3) is 0 Å². The molecule has 0 N–H and O–H groups in total. The van der Waals surface area contributed by atoms with E-state index in [1.807, 2.05) is 6.08 Å². The molecule has 2 heteroatoms. The third-order valence-electron chi connectivity index (χ3n) is 4.00. The lowest BCUT2D eigenvalue weighted by Crippen LogP contribution is -2.50. The second-order valence-corrected chi connectivity index (χ2v) is 4.67. The molecule has 1 saturated heterocycles. The summed E-state index contributed by atoms with van der Waals surface area (Å²) in [5.41, 5.74) is 0.938. The van der Waals surface area contributed by atoms with E-state index in [1.165, 1.54) is 5.57 Å². The molecule has 2 nitrogen and oxygen atoms in total. The number of epoxide rings is 1. The Morgan fingerprint density at radius 3 is 3.00 bits per heavy atom. The smallest absolute Gasteiger partial charge is 0.175 e. The summed E-state index contributed by atoms with van der Waals surface area (Å²) >= 11 is 0. The molecular formula is C12H14O2. The Morgan fingerprint density at radius 2 is 2.43 bits per heavy atom. The van der Waals surface area contributed by atoms with Gasteiger partial charge in [0.2, 0.25) is 0 Å². The van der Waals surface area contributed by atoms with Crippen LogP contribution in [0.25, 0.3) is 0 Å². The molecule has 74 valence electrons. The van der Waals surface area contributed by atoms with Gasteiger partial charge in [-0.2, -0.15) is 0 Å². The topological polar surface area (TPSA) is 29.6 Å². The van der Waals surface area contributed by atoms with Crippen molar-refractivity contribution in [2.75, 3.05) is 6.61 Å². The minimum atomic E-state index is -0.400. The van der Waals surface area contributed by atoms with Crippen molar-refractivity contribution < 1.29 is 9.53 Å². The van der Waals surface area contributed by atoms with Gasteiger partial charge in [-0.25, -0.2) is 0 Å². The second-order valence-electron chi connectivity index (χ2n) is 4.67. The highest BCUT2D eigenvalue weighted by Gasteiger charge is 2.65. The third kappa shape index (κ3) is 0.782. The Balaban J connectivity index is 2.08.